The van der Waals surface area contributed by atoms with E-state index in [9.17, 15) is 9.59 Å². The molecule has 2 aromatic rings. The van der Waals surface area contributed by atoms with Crippen LogP contribution in [0.1, 0.15) is 18.1 Å². The molecule has 0 spiro atoms. The van der Waals surface area contributed by atoms with Crippen molar-refractivity contribution in [3.63, 3.8) is 0 Å². The second kappa shape index (κ2) is 4.94. The van der Waals surface area contributed by atoms with E-state index in [1.54, 1.807) is 18.2 Å². The number of nitrogens with zero attached hydrogens (tertiary/aromatic N) is 1. The highest BCUT2D eigenvalue weighted by atomic mass is 16.5. The molecule has 0 saturated heterocycles. The van der Waals surface area contributed by atoms with Crippen molar-refractivity contribution in [2.75, 3.05) is 12.4 Å². The molecule has 0 radical (unpaired) electrons. The van der Waals surface area contributed by atoms with E-state index in [2.05, 4.69) is 11.4 Å². The lowest BCUT2D eigenvalue weighted by Gasteiger charge is -2.14. The number of nitriles is 1. The van der Waals surface area contributed by atoms with Crippen LogP contribution in [0.2, 0.25) is 0 Å². The quantitative estimate of drug-likeness (QED) is 0.838. The van der Waals surface area contributed by atoms with Crippen LogP contribution in [-0.2, 0) is 6.42 Å². The molecule has 0 heterocycles. The fraction of sp³-hybridized carbons (Fsp3) is 0.214. The summed E-state index contributed by atoms with van der Waals surface area (Å²) in [7, 11) is 1.35. The highest BCUT2D eigenvalue weighted by Crippen LogP contribution is 2.25. The van der Waals surface area contributed by atoms with Crippen LogP contribution >= 0.6 is 0 Å². The third kappa shape index (κ3) is 2.08. The minimum Gasteiger partial charge on any atom is -0.491 e. The molecule has 0 atom stereocenters. The molecule has 2 aromatic carbocycles. The number of methoxy groups -OCH3 is 1. The smallest absolute Gasteiger partial charge is 0.272 e. The summed E-state index contributed by atoms with van der Waals surface area (Å²) < 4.78 is 4.87. The van der Waals surface area contributed by atoms with Crippen molar-refractivity contribution < 1.29 is 4.74 Å². The van der Waals surface area contributed by atoms with Gasteiger partial charge in [-0.1, -0.05) is 6.92 Å². The maximum Gasteiger partial charge on any atom is 0.272 e. The Balaban J connectivity index is 2.39. The zero-order chi connectivity index (χ0) is 14.0. The summed E-state index contributed by atoms with van der Waals surface area (Å²) in [4.78, 5) is 22.7. The standard InChI is InChI=1S/C14H12N2O3/c1-3-9-6-8(7-15)4-5-10(9)16-11-12(17)13(18)14(11)19-2/h4-6,16H,3H2,1-2H3. The number of aryl methyl sites for hydroxylation is 1. The largest absolute Gasteiger partial charge is 0.491 e. The van der Waals surface area contributed by atoms with Crippen LogP contribution in [0.4, 0.5) is 11.4 Å². The van der Waals surface area contributed by atoms with Crippen LogP contribution in [0.3, 0.4) is 0 Å². The predicted molar refractivity (Wildman–Crippen MR) is 71.7 cm³/mol. The maximum atomic E-state index is 11.5. The molecular formula is C14H12N2O3. The summed E-state index contributed by atoms with van der Waals surface area (Å²) in [5.74, 6) is 0.0522. The highest BCUT2D eigenvalue weighted by molar-refractivity contribution is 5.72. The molecule has 19 heavy (non-hydrogen) atoms. The summed E-state index contributed by atoms with van der Waals surface area (Å²) in [6, 6.07) is 7.18. The first kappa shape index (κ1) is 12.8. The Morgan fingerprint density at radius 2 is 2.05 bits per heavy atom. The third-order valence-electron chi connectivity index (χ3n) is 2.95. The van der Waals surface area contributed by atoms with Gasteiger partial charge >= 0.3 is 0 Å². The molecule has 0 bridgehead atoms. The van der Waals surface area contributed by atoms with E-state index in [4.69, 9.17) is 10.00 Å². The van der Waals surface area contributed by atoms with Crippen molar-refractivity contribution in [2.45, 2.75) is 13.3 Å². The Kier molecular flexibility index (Phi) is 3.34. The minimum absolute atomic E-state index is 0.0522. The Labute approximate surface area is 109 Å². The summed E-state index contributed by atoms with van der Waals surface area (Å²) >= 11 is 0. The zero-order valence-corrected chi connectivity index (χ0v) is 10.6. The van der Waals surface area contributed by atoms with Gasteiger partial charge in [0.25, 0.3) is 10.9 Å². The SMILES string of the molecule is CCc1cc(C#N)ccc1Nc1c(OC)c(=O)c1=O. The van der Waals surface area contributed by atoms with Crippen LogP contribution in [0.15, 0.2) is 27.8 Å². The van der Waals surface area contributed by atoms with E-state index in [0.29, 0.717) is 17.7 Å². The van der Waals surface area contributed by atoms with Gasteiger partial charge in [0.2, 0.25) is 0 Å². The van der Waals surface area contributed by atoms with E-state index < -0.39 is 10.9 Å². The normalized spacial score (nSPS) is 10.2. The Hall–Kier alpha value is -2.61. The first-order chi connectivity index (χ1) is 9.12. The van der Waals surface area contributed by atoms with Crippen molar-refractivity contribution in [3.05, 3.63) is 49.8 Å². The number of hydrogen-bond donors (Lipinski definition) is 1. The van der Waals surface area contributed by atoms with Gasteiger partial charge in [0, 0.05) is 5.69 Å². The first-order valence-corrected chi connectivity index (χ1v) is 5.79. The lowest BCUT2D eigenvalue weighted by Crippen LogP contribution is -2.34. The maximum absolute atomic E-state index is 11.5. The fourth-order valence-corrected chi connectivity index (χ4v) is 1.89. The van der Waals surface area contributed by atoms with E-state index in [1.807, 2.05) is 6.92 Å². The second-order valence-electron chi connectivity index (χ2n) is 4.03. The van der Waals surface area contributed by atoms with Gasteiger partial charge in [-0.2, -0.15) is 5.26 Å². The topological polar surface area (TPSA) is 79.2 Å². The molecule has 0 fully saturated rings. The number of hydrogen-bond acceptors (Lipinski definition) is 5. The third-order valence-corrected chi connectivity index (χ3v) is 2.95. The van der Waals surface area contributed by atoms with Gasteiger partial charge in [0.05, 0.1) is 18.7 Å². The molecular weight excluding hydrogens is 244 g/mol. The fourth-order valence-electron chi connectivity index (χ4n) is 1.89. The molecule has 96 valence electrons. The van der Waals surface area contributed by atoms with Crippen LogP contribution < -0.4 is 20.9 Å². The summed E-state index contributed by atoms with van der Waals surface area (Å²) in [5.41, 5.74) is 1.13. The Bertz CT molecular complexity index is 734. The predicted octanol–water partition coefficient (Wildman–Crippen LogP) is 1.47. The van der Waals surface area contributed by atoms with Crippen LogP contribution in [0, 0.1) is 11.3 Å². The van der Waals surface area contributed by atoms with Crippen molar-refractivity contribution in [3.8, 4) is 11.8 Å². The summed E-state index contributed by atoms with van der Waals surface area (Å²) in [6.07, 6.45) is 0.704. The number of nitrogens with one attached hydrogen (secondary N) is 1. The average Bonchev–Trinajstić information content (AvgIpc) is 2.46. The van der Waals surface area contributed by atoms with Crippen molar-refractivity contribution >= 4 is 11.4 Å². The second-order valence-corrected chi connectivity index (χ2v) is 4.03. The van der Waals surface area contributed by atoms with Crippen molar-refractivity contribution in [1.82, 2.24) is 0 Å². The van der Waals surface area contributed by atoms with E-state index in [0.717, 1.165) is 5.56 Å². The van der Waals surface area contributed by atoms with Gasteiger partial charge in [-0.15, -0.1) is 0 Å². The van der Waals surface area contributed by atoms with Gasteiger partial charge in [-0.05, 0) is 30.2 Å². The van der Waals surface area contributed by atoms with Crippen LogP contribution in [0.5, 0.6) is 5.75 Å². The van der Waals surface area contributed by atoms with Gasteiger partial charge in [0.15, 0.2) is 5.75 Å². The molecule has 0 aliphatic rings. The van der Waals surface area contributed by atoms with Crippen LogP contribution in [-0.4, -0.2) is 7.11 Å². The van der Waals surface area contributed by atoms with E-state index in [-0.39, 0.29) is 11.4 Å². The van der Waals surface area contributed by atoms with Crippen LogP contribution in [0.25, 0.3) is 0 Å². The number of rotatable bonds is 4. The lowest BCUT2D eigenvalue weighted by molar-refractivity contribution is 0.408. The van der Waals surface area contributed by atoms with E-state index >= 15 is 0 Å². The molecule has 1 N–H and O–H groups in total. The van der Waals surface area contributed by atoms with Gasteiger partial charge in [-0.25, -0.2) is 0 Å². The first-order valence-electron chi connectivity index (χ1n) is 5.79. The lowest BCUT2D eigenvalue weighted by atomic mass is 10.1. The molecule has 0 amide bonds. The molecule has 5 nitrogen and oxygen atoms in total. The van der Waals surface area contributed by atoms with Gasteiger partial charge in [0.1, 0.15) is 5.69 Å². The van der Waals surface area contributed by atoms with Crippen molar-refractivity contribution in [2.24, 2.45) is 0 Å². The Morgan fingerprint density at radius 3 is 2.63 bits per heavy atom. The molecule has 0 aromatic heterocycles. The molecule has 0 saturated carbocycles. The molecule has 0 aliphatic carbocycles. The molecule has 0 unspecified atom stereocenters. The highest BCUT2D eigenvalue weighted by Gasteiger charge is 2.22. The monoisotopic (exact) mass is 256 g/mol. The average molecular weight is 256 g/mol. The minimum atomic E-state index is -0.614. The Morgan fingerprint density at radius 1 is 1.32 bits per heavy atom. The van der Waals surface area contributed by atoms with E-state index in [1.165, 1.54) is 7.11 Å². The number of ether oxygens (including phenoxy) is 1. The molecule has 2 rings (SSSR count). The molecule has 5 heteroatoms. The zero-order valence-electron chi connectivity index (χ0n) is 10.6. The summed E-state index contributed by atoms with van der Waals surface area (Å²) in [6.45, 7) is 1.95. The summed E-state index contributed by atoms with van der Waals surface area (Å²) in [5, 5.41) is 11.8. The number of benzene rings is 1. The number of anilines is 2. The van der Waals surface area contributed by atoms with Gasteiger partial charge in [-0.3, -0.25) is 9.59 Å². The van der Waals surface area contributed by atoms with Gasteiger partial charge < -0.3 is 10.1 Å². The van der Waals surface area contributed by atoms with Crippen molar-refractivity contribution in [1.29, 1.82) is 5.26 Å². The molecule has 0 aliphatic heterocycles.